The van der Waals surface area contributed by atoms with Gasteiger partial charge in [0.25, 0.3) is 0 Å². The van der Waals surface area contributed by atoms with Gasteiger partial charge in [-0.25, -0.2) is 0 Å². The maximum atomic E-state index is 4.93. The number of fused-ring (bicyclic) bond motifs is 5. The second kappa shape index (κ2) is 22.9. The Bertz CT molecular complexity index is 2880. The van der Waals surface area contributed by atoms with E-state index in [4.69, 9.17) is 17.0 Å². The molecule has 0 spiro atoms. The van der Waals surface area contributed by atoms with Gasteiger partial charge in [-0.05, 0) is 58.1 Å². The molecule has 66 heavy (non-hydrogen) atoms. The van der Waals surface area contributed by atoms with Crippen LogP contribution in [0.25, 0.3) is 77.2 Å². The molecule has 0 amide bonds. The van der Waals surface area contributed by atoms with Crippen molar-refractivity contribution >= 4 is 58.5 Å². The molecule has 0 fully saturated rings. The van der Waals surface area contributed by atoms with Crippen LogP contribution in [0.1, 0.15) is 38.8 Å². The average molecular weight is 988 g/mol. The van der Waals surface area contributed by atoms with Crippen LogP contribution >= 0.6 is 17.0 Å². The monoisotopic (exact) mass is 985 g/mol. The molecule has 0 saturated carbocycles. The summed E-state index contributed by atoms with van der Waals surface area (Å²) in [5.74, 6) is 1.34. The Morgan fingerprint density at radius 2 is 0.848 bits per heavy atom. The zero-order valence-corrected chi connectivity index (χ0v) is 43.0. The van der Waals surface area contributed by atoms with Gasteiger partial charge < -0.3 is 0 Å². The van der Waals surface area contributed by atoms with E-state index in [2.05, 4.69) is 240 Å². The van der Waals surface area contributed by atoms with Crippen LogP contribution in [0.2, 0.25) is 0 Å². The third-order valence-electron chi connectivity index (χ3n) is 11.8. The van der Waals surface area contributed by atoms with Crippen LogP contribution in [0.3, 0.4) is 0 Å². The molecule has 0 nitrogen and oxygen atoms in total. The molecule has 0 saturated heterocycles. The van der Waals surface area contributed by atoms with E-state index in [1.165, 1.54) is 98.7 Å². The number of hydrogen-bond acceptors (Lipinski definition) is 0. The van der Waals surface area contributed by atoms with Crippen LogP contribution < -0.4 is 10.4 Å². The smallest absolute Gasteiger partial charge is 0.0920 e. The molecular weight excluding hydrogens is 935 g/mol. The van der Waals surface area contributed by atoms with Crippen LogP contribution in [0.5, 0.6) is 0 Å². The number of halogens is 2. The minimum absolute atomic E-state index is 0.672. The predicted molar refractivity (Wildman–Crippen MR) is 285 cm³/mol. The van der Waals surface area contributed by atoms with Gasteiger partial charge in [0, 0.05) is 0 Å². The van der Waals surface area contributed by atoms with Crippen molar-refractivity contribution in [1.29, 1.82) is 0 Å². The molecule has 11 rings (SSSR count). The first-order valence-electron chi connectivity index (χ1n) is 22.8. The minimum Gasteiger partial charge on any atom is -0.184 e. The molecule has 1 aliphatic heterocycles. The predicted octanol–water partition coefficient (Wildman–Crippen LogP) is 16.7. The first kappa shape index (κ1) is 47.2. The topological polar surface area (TPSA) is 0 Å². The van der Waals surface area contributed by atoms with Gasteiger partial charge in [0.05, 0.1) is 9.52 Å². The molecule has 0 unspecified atom stereocenters. The van der Waals surface area contributed by atoms with Crippen molar-refractivity contribution in [3.8, 4) is 55.6 Å². The Morgan fingerprint density at radius 3 is 1.29 bits per heavy atom. The van der Waals surface area contributed by atoms with Crippen LogP contribution in [0.15, 0.2) is 212 Å². The molecule has 2 radical (unpaired) electrons. The normalized spacial score (nSPS) is 11.2. The molecular formula is C62H53Cl2SiZr-3. The van der Waals surface area contributed by atoms with E-state index in [0.29, 0.717) is 11.8 Å². The molecule has 0 bridgehead atoms. The molecule has 0 atom stereocenters. The largest absolute Gasteiger partial charge is 0.184 e. The first-order chi connectivity index (χ1) is 32.3. The molecule has 0 N–H and O–H groups in total. The molecule has 10 aromatic rings. The quantitative estimate of drug-likeness (QED) is 0.105. The maximum absolute atomic E-state index is 4.93. The summed E-state index contributed by atoms with van der Waals surface area (Å²) >= 11 is -0.826. The second-order valence-electron chi connectivity index (χ2n) is 17.6. The Hall–Kier alpha value is -5.34. The van der Waals surface area contributed by atoms with E-state index in [1.54, 1.807) is 0 Å². The van der Waals surface area contributed by atoms with Crippen LogP contribution in [-0.4, -0.2) is 9.52 Å². The van der Waals surface area contributed by atoms with Gasteiger partial charge in [-0.3, -0.25) is 0 Å². The van der Waals surface area contributed by atoms with E-state index < -0.39 is 20.8 Å². The van der Waals surface area contributed by atoms with Gasteiger partial charge in [-0.15, -0.1) is 62.5 Å². The summed E-state index contributed by atoms with van der Waals surface area (Å²) in [6, 6.07) is 79.7. The van der Waals surface area contributed by atoms with E-state index >= 15 is 0 Å². The first-order valence-corrected chi connectivity index (χ1v) is 30.1. The molecule has 1 heterocycles. The third kappa shape index (κ3) is 11.4. The third-order valence-corrected chi connectivity index (χ3v) is 13.2. The maximum Gasteiger partial charge on any atom is 0.0920 e. The number of rotatable bonds is 8. The van der Waals surface area contributed by atoms with Gasteiger partial charge in [0.2, 0.25) is 0 Å². The van der Waals surface area contributed by atoms with Crippen molar-refractivity contribution in [2.45, 2.75) is 40.5 Å². The fourth-order valence-corrected chi connectivity index (χ4v) is 10.5. The van der Waals surface area contributed by atoms with Crippen LogP contribution in [0.4, 0.5) is 0 Å². The van der Waals surface area contributed by atoms with Crippen molar-refractivity contribution in [2.24, 2.45) is 11.8 Å². The standard InChI is InChI=1S/2C25H23.C12H7Si.2ClH.Zr/c2*1-18(2)15-19-16-22-13-14-23(20-9-5-3-6-10-20)25(24(22)17-19)21-11-7-4-8-12-21;1-3-7-11-9(5-1)10-6-2-4-8-12(10)13-11;;;/h2*3-14,16-18H,15H2,1-2H3;1-7H;2*1H;/q3*-1;;;+2/p-2. The van der Waals surface area contributed by atoms with Crippen molar-refractivity contribution in [2.75, 3.05) is 0 Å². The fourth-order valence-electron chi connectivity index (χ4n) is 9.14. The summed E-state index contributed by atoms with van der Waals surface area (Å²) in [6.45, 7) is 9.13. The summed E-state index contributed by atoms with van der Waals surface area (Å²) in [5.41, 5.74) is 16.1. The summed E-state index contributed by atoms with van der Waals surface area (Å²) in [5, 5.41) is 8.23. The van der Waals surface area contributed by atoms with Gasteiger partial charge >= 0.3 is 37.9 Å². The SMILES string of the molecule is CC(C)Cc1cc2c(-c3ccccc3)c(-c3ccccc3)ccc2[cH-]1.CC(C)Cc1cc2c(-c3ccccc3)c(-c3ccccc3)ccc2[cH-]1.[Cl][Zr][Cl].[c-]1cccc2c1[Si]c1ccccc1-2. The van der Waals surface area contributed by atoms with E-state index in [-0.39, 0.29) is 0 Å². The van der Waals surface area contributed by atoms with E-state index in [9.17, 15) is 0 Å². The summed E-state index contributed by atoms with van der Waals surface area (Å²) in [4.78, 5) is 0. The zero-order valence-electron chi connectivity index (χ0n) is 38.0. The second-order valence-corrected chi connectivity index (χ2v) is 22.6. The number of benzene rings is 8. The van der Waals surface area contributed by atoms with Crippen molar-refractivity contribution in [3.63, 3.8) is 0 Å². The average Bonchev–Trinajstić information content (AvgIpc) is 4.07. The van der Waals surface area contributed by atoms with E-state index in [1.807, 2.05) is 6.07 Å². The van der Waals surface area contributed by atoms with Crippen LogP contribution in [0, 0.1) is 17.9 Å². The van der Waals surface area contributed by atoms with Gasteiger partial charge in [-0.2, -0.15) is 41.6 Å². The molecule has 10 aromatic carbocycles. The van der Waals surface area contributed by atoms with E-state index in [0.717, 1.165) is 22.4 Å². The van der Waals surface area contributed by atoms with Crippen molar-refractivity contribution in [3.05, 3.63) is 230 Å². The molecule has 1 aliphatic rings. The molecule has 326 valence electrons. The summed E-state index contributed by atoms with van der Waals surface area (Å²) in [6.07, 6.45) is 2.26. The zero-order chi connectivity index (χ0) is 45.8. The van der Waals surface area contributed by atoms with Crippen molar-refractivity contribution < 1.29 is 20.8 Å². The van der Waals surface area contributed by atoms with Gasteiger partial charge in [0.15, 0.2) is 0 Å². The molecule has 4 heteroatoms. The Kier molecular flexibility index (Phi) is 16.4. The number of hydrogen-bond donors (Lipinski definition) is 0. The Morgan fingerprint density at radius 1 is 0.455 bits per heavy atom. The summed E-state index contributed by atoms with van der Waals surface area (Å²) < 4.78 is 0. The van der Waals surface area contributed by atoms with Gasteiger partial charge in [-0.1, -0.05) is 207 Å². The fraction of sp³-hybridized carbons (Fsp3) is 0.129. The Balaban J connectivity index is 0.000000136. The molecule has 0 aliphatic carbocycles. The summed E-state index contributed by atoms with van der Waals surface area (Å²) in [7, 11) is 10.7. The van der Waals surface area contributed by atoms with Crippen molar-refractivity contribution in [1.82, 2.24) is 0 Å². The minimum atomic E-state index is -0.826. The Labute approximate surface area is 413 Å². The molecule has 0 aromatic heterocycles. The van der Waals surface area contributed by atoms with Crippen LogP contribution in [-0.2, 0) is 33.7 Å². The van der Waals surface area contributed by atoms with Gasteiger partial charge in [0.1, 0.15) is 0 Å².